The van der Waals surface area contributed by atoms with Gasteiger partial charge < -0.3 is 4.90 Å². The second-order valence-corrected chi connectivity index (χ2v) is 6.49. The predicted octanol–water partition coefficient (Wildman–Crippen LogP) is 1.42. The van der Waals surface area contributed by atoms with Gasteiger partial charge in [0.1, 0.15) is 0 Å². The van der Waals surface area contributed by atoms with Crippen LogP contribution >= 0.6 is 0 Å². The molecule has 0 aromatic heterocycles. The number of hydrogen-bond acceptors (Lipinski definition) is 3. The summed E-state index contributed by atoms with van der Waals surface area (Å²) in [5.41, 5.74) is 0. The molecule has 3 rings (SSSR count). The maximum Gasteiger partial charge on any atom is 0.241 e. The lowest BCUT2D eigenvalue weighted by Gasteiger charge is -2.36. The molecule has 4 heteroatoms. The zero-order valence-corrected chi connectivity index (χ0v) is 12.3. The highest BCUT2D eigenvalue weighted by molar-refractivity contribution is 5.84. The van der Waals surface area contributed by atoms with Crippen molar-refractivity contribution in [1.82, 2.24) is 15.1 Å². The van der Waals surface area contributed by atoms with E-state index in [4.69, 9.17) is 0 Å². The van der Waals surface area contributed by atoms with E-state index in [0.717, 1.165) is 13.1 Å². The Bertz CT molecular complexity index is 346. The summed E-state index contributed by atoms with van der Waals surface area (Å²) < 4.78 is 0. The number of hydrogen-bond donors (Lipinski definition) is 1. The van der Waals surface area contributed by atoms with Crippen LogP contribution in [0.5, 0.6) is 0 Å². The van der Waals surface area contributed by atoms with Gasteiger partial charge in [-0.3, -0.25) is 15.0 Å². The molecule has 0 aromatic rings. The fourth-order valence-corrected chi connectivity index (χ4v) is 4.09. The van der Waals surface area contributed by atoms with Crippen molar-refractivity contribution in [2.75, 3.05) is 19.8 Å². The number of rotatable bonds is 3. The standard InChI is InChI=1S/C15H27N3O/c1-3-11(2)14-15(19)18(10-16-14)13-7-9-17-8-5-4-6-12(13)17/h11-14,16H,3-10H2,1-2H3. The lowest BCUT2D eigenvalue weighted by atomic mass is 9.96. The second-order valence-electron chi connectivity index (χ2n) is 6.49. The molecule has 0 spiro atoms. The molecule has 0 aliphatic carbocycles. The van der Waals surface area contributed by atoms with Crippen LogP contribution in [0.3, 0.4) is 0 Å². The number of nitrogens with zero attached hydrogens (tertiary/aromatic N) is 2. The highest BCUT2D eigenvalue weighted by Gasteiger charge is 2.45. The van der Waals surface area contributed by atoms with Crippen LogP contribution in [0.2, 0.25) is 0 Å². The smallest absolute Gasteiger partial charge is 0.241 e. The van der Waals surface area contributed by atoms with Crippen molar-refractivity contribution in [2.45, 2.75) is 64.1 Å². The fourth-order valence-electron chi connectivity index (χ4n) is 4.09. The molecule has 108 valence electrons. The molecule has 3 heterocycles. The van der Waals surface area contributed by atoms with Crippen LogP contribution in [-0.4, -0.2) is 53.6 Å². The van der Waals surface area contributed by atoms with E-state index in [9.17, 15) is 4.79 Å². The Labute approximate surface area is 116 Å². The van der Waals surface area contributed by atoms with Crippen LogP contribution < -0.4 is 5.32 Å². The molecule has 3 aliphatic heterocycles. The van der Waals surface area contributed by atoms with Crippen molar-refractivity contribution >= 4 is 5.91 Å². The first kappa shape index (κ1) is 13.4. The van der Waals surface area contributed by atoms with E-state index in [2.05, 4.69) is 29.0 Å². The number of carbonyl (C=O) groups excluding carboxylic acids is 1. The maximum atomic E-state index is 12.6. The monoisotopic (exact) mass is 265 g/mol. The average Bonchev–Trinajstić information content (AvgIpc) is 3.01. The fraction of sp³-hybridized carbons (Fsp3) is 0.933. The summed E-state index contributed by atoms with van der Waals surface area (Å²) in [6, 6.07) is 1.16. The van der Waals surface area contributed by atoms with Crippen molar-refractivity contribution in [3.63, 3.8) is 0 Å². The van der Waals surface area contributed by atoms with Gasteiger partial charge in [0.15, 0.2) is 0 Å². The van der Waals surface area contributed by atoms with Crippen molar-refractivity contribution in [3.05, 3.63) is 0 Å². The highest BCUT2D eigenvalue weighted by atomic mass is 16.2. The Hall–Kier alpha value is -0.610. The number of carbonyl (C=O) groups is 1. The maximum absolute atomic E-state index is 12.6. The van der Waals surface area contributed by atoms with Gasteiger partial charge in [-0.2, -0.15) is 0 Å². The Morgan fingerprint density at radius 2 is 2.11 bits per heavy atom. The Morgan fingerprint density at radius 1 is 1.26 bits per heavy atom. The number of nitrogens with one attached hydrogen (secondary N) is 1. The summed E-state index contributed by atoms with van der Waals surface area (Å²) in [4.78, 5) is 17.4. The van der Waals surface area contributed by atoms with E-state index in [1.54, 1.807) is 0 Å². The molecule has 3 aliphatic rings. The Kier molecular flexibility index (Phi) is 3.81. The Balaban J connectivity index is 1.68. The molecule has 4 nitrogen and oxygen atoms in total. The zero-order chi connectivity index (χ0) is 13.4. The van der Waals surface area contributed by atoms with Gasteiger partial charge in [0, 0.05) is 18.6 Å². The van der Waals surface area contributed by atoms with Crippen LogP contribution in [-0.2, 0) is 4.79 Å². The average molecular weight is 265 g/mol. The number of amides is 1. The SMILES string of the molecule is CCC(C)C1NCN(C2CCN3CCCCC23)C1=O. The third-order valence-electron chi connectivity index (χ3n) is 5.46. The summed E-state index contributed by atoms with van der Waals surface area (Å²) in [5, 5.41) is 3.44. The largest absolute Gasteiger partial charge is 0.324 e. The topological polar surface area (TPSA) is 35.6 Å². The first-order valence-electron chi connectivity index (χ1n) is 8.00. The molecule has 19 heavy (non-hydrogen) atoms. The minimum Gasteiger partial charge on any atom is -0.324 e. The lowest BCUT2D eigenvalue weighted by molar-refractivity contribution is -0.132. The third-order valence-corrected chi connectivity index (χ3v) is 5.46. The van der Waals surface area contributed by atoms with Crippen molar-refractivity contribution < 1.29 is 4.79 Å². The van der Waals surface area contributed by atoms with Gasteiger partial charge in [-0.25, -0.2) is 0 Å². The number of piperidine rings is 1. The highest BCUT2D eigenvalue weighted by Crippen LogP contribution is 2.32. The molecular formula is C15H27N3O. The van der Waals surface area contributed by atoms with Gasteiger partial charge in [-0.05, 0) is 31.7 Å². The van der Waals surface area contributed by atoms with Crippen molar-refractivity contribution in [2.24, 2.45) is 5.92 Å². The zero-order valence-electron chi connectivity index (χ0n) is 12.3. The molecule has 4 unspecified atom stereocenters. The van der Waals surface area contributed by atoms with E-state index in [-0.39, 0.29) is 6.04 Å². The van der Waals surface area contributed by atoms with Crippen LogP contribution in [0.4, 0.5) is 0 Å². The first-order valence-corrected chi connectivity index (χ1v) is 8.00. The van der Waals surface area contributed by atoms with Gasteiger partial charge in [0.05, 0.1) is 12.7 Å². The summed E-state index contributed by atoms with van der Waals surface area (Å²) >= 11 is 0. The molecular weight excluding hydrogens is 238 g/mol. The van der Waals surface area contributed by atoms with Gasteiger partial charge in [0.2, 0.25) is 5.91 Å². The molecule has 0 radical (unpaired) electrons. The van der Waals surface area contributed by atoms with Gasteiger partial charge in [0.25, 0.3) is 0 Å². The normalized spacial score (nSPS) is 37.7. The Morgan fingerprint density at radius 3 is 2.89 bits per heavy atom. The van der Waals surface area contributed by atoms with Crippen LogP contribution in [0.15, 0.2) is 0 Å². The first-order chi connectivity index (χ1) is 9.22. The molecule has 3 saturated heterocycles. The molecule has 3 fully saturated rings. The van der Waals surface area contributed by atoms with Crippen LogP contribution in [0.1, 0.15) is 46.0 Å². The van der Waals surface area contributed by atoms with E-state index in [1.807, 2.05) is 0 Å². The third kappa shape index (κ3) is 2.29. The molecule has 0 aromatic carbocycles. The summed E-state index contributed by atoms with van der Waals surface area (Å²) in [5.74, 6) is 0.799. The summed E-state index contributed by atoms with van der Waals surface area (Å²) in [6.07, 6.45) is 6.19. The van der Waals surface area contributed by atoms with Gasteiger partial charge in [-0.15, -0.1) is 0 Å². The van der Waals surface area contributed by atoms with Gasteiger partial charge in [-0.1, -0.05) is 26.7 Å². The van der Waals surface area contributed by atoms with Crippen LogP contribution in [0.25, 0.3) is 0 Å². The second kappa shape index (κ2) is 5.41. The summed E-state index contributed by atoms with van der Waals surface area (Å²) in [6.45, 7) is 7.54. The van der Waals surface area contributed by atoms with Crippen LogP contribution in [0, 0.1) is 5.92 Å². The van der Waals surface area contributed by atoms with Crippen molar-refractivity contribution in [3.8, 4) is 0 Å². The molecule has 0 saturated carbocycles. The van der Waals surface area contributed by atoms with E-state index in [0.29, 0.717) is 23.9 Å². The van der Waals surface area contributed by atoms with E-state index in [1.165, 1.54) is 38.8 Å². The lowest BCUT2D eigenvalue weighted by Crippen LogP contribution is -2.48. The summed E-state index contributed by atoms with van der Waals surface area (Å²) in [7, 11) is 0. The predicted molar refractivity (Wildman–Crippen MR) is 75.7 cm³/mol. The number of fused-ring (bicyclic) bond motifs is 1. The molecule has 1 amide bonds. The minimum absolute atomic E-state index is 0.0580. The molecule has 4 atom stereocenters. The van der Waals surface area contributed by atoms with Gasteiger partial charge >= 0.3 is 0 Å². The van der Waals surface area contributed by atoms with E-state index >= 15 is 0 Å². The minimum atomic E-state index is 0.0580. The molecule has 1 N–H and O–H groups in total. The quantitative estimate of drug-likeness (QED) is 0.838. The van der Waals surface area contributed by atoms with Crippen molar-refractivity contribution in [1.29, 1.82) is 0 Å². The molecule has 0 bridgehead atoms. The van der Waals surface area contributed by atoms with E-state index < -0.39 is 0 Å².